The summed E-state index contributed by atoms with van der Waals surface area (Å²) >= 11 is 0. The van der Waals surface area contributed by atoms with E-state index in [-0.39, 0.29) is 5.92 Å². The summed E-state index contributed by atoms with van der Waals surface area (Å²) in [7, 11) is -3.48. The second-order valence-corrected chi connectivity index (χ2v) is 7.52. The van der Waals surface area contributed by atoms with Crippen LogP contribution >= 0.6 is 0 Å². The van der Waals surface area contributed by atoms with Crippen molar-refractivity contribution < 1.29 is 8.42 Å². The molecule has 4 nitrogen and oxygen atoms in total. The van der Waals surface area contributed by atoms with Crippen molar-refractivity contribution in [3.8, 4) is 0 Å². The molecule has 0 aromatic heterocycles. The minimum absolute atomic E-state index is 0.00715. The third kappa shape index (κ3) is 2.26. The predicted molar refractivity (Wildman–Crippen MR) is 84.0 cm³/mol. The molecule has 3 rings (SSSR count). The van der Waals surface area contributed by atoms with Gasteiger partial charge in [-0.25, -0.2) is 8.42 Å². The maximum Gasteiger partial charge on any atom is 0.243 e. The SMILES string of the molecule is C=C[C@H]1CN(S(=O)(=O)c2ccc(C)cc2)C[C@]12C=CC=N2. The highest BCUT2D eigenvalue weighted by atomic mass is 32.2. The summed E-state index contributed by atoms with van der Waals surface area (Å²) in [6.45, 7) is 6.56. The topological polar surface area (TPSA) is 49.7 Å². The fourth-order valence-electron chi connectivity index (χ4n) is 2.91. The predicted octanol–water partition coefficient (Wildman–Crippen LogP) is 2.18. The lowest BCUT2D eigenvalue weighted by molar-refractivity contribution is 0.458. The van der Waals surface area contributed by atoms with Gasteiger partial charge in [-0.15, -0.1) is 6.58 Å². The maximum absolute atomic E-state index is 12.8. The average molecular weight is 302 g/mol. The summed E-state index contributed by atoms with van der Waals surface area (Å²) in [6, 6.07) is 6.95. The van der Waals surface area contributed by atoms with Crippen molar-refractivity contribution in [2.45, 2.75) is 17.4 Å². The number of sulfonamides is 1. The third-order valence-electron chi connectivity index (χ3n) is 4.20. The minimum Gasteiger partial charge on any atom is -0.280 e. The van der Waals surface area contributed by atoms with Crippen LogP contribution < -0.4 is 0 Å². The molecule has 0 unspecified atom stereocenters. The lowest BCUT2D eigenvalue weighted by Gasteiger charge is -2.22. The highest BCUT2D eigenvalue weighted by Gasteiger charge is 2.48. The molecular formula is C16H18N2O2S. The number of rotatable bonds is 3. The van der Waals surface area contributed by atoms with Crippen LogP contribution in [0.5, 0.6) is 0 Å². The van der Waals surface area contributed by atoms with Gasteiger partial charge in [-0.1, -0.05) is 29.8 Å². The van der Waals surface area contributed by atoms with Gasteiger partial charge in [0.15, 0.2) is 0 Å². The van der Waals surface area contributed by atoms with E-state index < -0.39 is 15.6 Å². The molecule has 2 heterocycles. The number of aryl methyl sites for hydroxylation is 1. The highest BCUT2D eigenvalue weighted by Crippen LogP contribution is 2.38. The van der Waals surface area contributed by atoms with E-state index in [4.69, 9.17) is 0 Å². The van der Waals surface area contributed by atoms with Gasteiger partial charge in [-0.3, -0.25) is 4.99 Å². The second-order valence-electron chi connectivity index (χ2n) is 5.58. The van der Waals surface area contributed by atoms with Crippen molar-refractivity contribution in [3.05, 3.63) is 54.6 Å². The second kappa shape index (κ2) is 4.93. The summed E-state index contributed by atoms with van der Waals surface area (Å²) in [4.78, 5) is 4.81. The number of allylic oxidation sites excluding steroid dienone is 1. The molecule has 1 saturated heterocycles. The van der Waals surface area contributed by atoms with E-state index in [2.05, 4.69) is 11.6 Å². The molecule has 2 aliphatic rings. The minimum atomic E-state index is -3.48. The van der Waals surface area contributed by atoms with Crippen molar-refractivity contribution in [3.63, 3.8) is 0 Å². The monoisotopic (exact) mass is 302 g/mol. The van der Waals surface area contributed by atoms with Gasteiger partial charge < -0.3 is 0 Å². The first-order chi connectivity index (χ1) is 9.98. The van der Waals surface area contributed by atoms with Crippen LogP contribution in [0, 0.1) is 12.8 Å². The van der Waals surface area contributed by atoms with Crippen LogP contribution in [0.2, 0.25) is 0 Å². The Kier molecular flexibility index (Phi) is 3.34. The van der Waals surface area contributed by atoms with E-state index in [1.807, 2.05) is 31.2 Å². The molecule has 0 radical (unpaired) electrons. The Hall–Kier alpha value is -1.72. The molecular weight excluding hydrogens is 284 g/mol. The van der Waals surface area contributed by atoms with Crippen molar-refractivity contribution in [1.82, 2.24) is 4.31 Å². The van der Waals surface area contributed by atoms with Crippen molar-refractivity contribution in [2.24, 2.45) is 10.9 Å². The summed E-state index contributed by atoms with van der Waals surface area (Å²) in [5, 5.41) is 0. The summed E-state index contributed by atoms with van der Waals surface area (Å²) < 4.78 is 27.0. The molecule has 1 spiro atoms. The molecule has 2 aliphatic heterocycles. The van der Waals surface area contributed by atoms with Gasteiger partial charge in [-0.2, -0.15) is 4.31 Å². The normalized spacial score (nSPS) is 28.5. The quantitative estimate of drug-likeness (QED) is 0.804. The van der Waals surface area contributed by atoms with Gasteiger partial charge in [0.05, 0.1) is 4.90 Å². The van der Waals surface area contributed by atoms with Gasteiger partial charge in [0.2, 0.25) is 10.0 Å². The Morgan fingerprint density at radius 3 is 2.67 bits per heavy atom. The fraction of sp³-hybridized carbons (Fsp3) is 0.312. The molecule has 5 heteroatoms. The Morgan fingerprint density at radius 2 is 2.10 bits per heavy atom. The van der Waals surface area contributed by atoms with E-state index in [0.29, 0.717) is 18.0 Å². The number of nitrogens with zero attached hydrogens (tertiary/aromatic N) is 2. The molecule has 1 aromatic rings. The molecule has 2 atom stereocenters. The number of hydrogen-bond acceptors (Lipinski definition) is 3. The van der Waals surface area contributed by atoms with Gasteiger partial charge >= 0.3 is 0 Å². The summed E-state index contributed by atoms with van der Waals surface area (Å²) in [5.41, 5.74) is 0.568. The first-order valence-electron chi connectivity index (χ1n) is 6.90. The fourth-order valence-corrected chi connectivity index (χ4v) is 4.42. The van der Waals surface area contributed by atoms with Crippen molar-refractivity contribution in [1.29, 1.82) is 0 Å². The molecule has 110 valence electrons. The Morgan fingerprint density at radius 1 is 1.38 bits per heavy atom. The molecule has 0 bridgehead atoms. The van der Waals surface area contributed by atoms with Crippen molar-refractivity contribution in [2.75, 3.05) is 13.1 Å². The molecule has 0 amide bonds. The van der Waals surface area contributed by atoms with E-state index >= 15 is 0 Å². The molecule has 0 N–H and O–H groups in total. The van der Waals surface area contributed by atoms with E-state index in [1.165, 1.54) is 4.31 Å². The zero-order chi connectivity index (χ0) is 15.1. The van der Waals surface area contributed by atoms with Crippen molar-refractivity contribution >= 4 is 16.2 Å². The first kappa shape index (κ1) is 14.2. The lowest BCUT2D eigenvalue weighted by Crippen LogP contribution is -2.34. The van der Waals surface area contributed by atoms with Gasteiger partial charge in [0, 0.05) is 25.2 Å². The van der Waals surface area contributed by atoms with Gasteiger partial charge in [0.1, 0.15) is 5.54 Å². The van der Waals surface area contributed by atoms with Crippen LogP contribution in [-0.4, -0.2) is 37.6 Å². The van der Waals surface area contributed by atoms with Crippen LogP contribution in [0.1, 0.15) is 5.56 Å². The maximum atomic E-state index is 12.8. The molecule has 0 saturated carbocycles. The lowest BCUT2D eigenvalue weighted by atomic mass is 9.88. The summed E-state index contributed by atoms with van der Waals surface area (Å²) in [6.07, 6.45) is 7.39. The van der Waals surface area contributed by atoms with Crippen LogP contribution in [0.15, 0.2) is 59.0 Å². The molecule has 0 aliphatic carbocycles. The third-order valence-corrected chi connectivity index (χ3v) is 6.03. The van der Waals surface area contributed by atoms with Crippen LogP contribution in [0.25, 0.3) is 0 Å². The number of aliphatic imine (C=N–C) groups is 1. The van der Waals surface area contributed by atoms with E-state index in [9.17, 15) is 8.42 Å². The largest absolute Gasteiger partial charge is 0.280 e. The standard InChI is InChI=1S/C16H18N2O2S/c1-3-14-11-18(12-16(14)9-4-10-17-16)21(19,20)15-7-5-13(2)6-8-15/h3-10,14H,1,11-12H2,2H3/t14-,16+/m0/s1. The Labute approximate surface area is 125 Å². The highest BCUT2D eigenvalue weighted by molar-refractivity contribution is 7.89. The van der Waals surface area contributed by atoms with Gasteiger partial charge in [-0.05, 0) is 25.1 Å². The zero-order valence-electron chi connectivity index (χ0n) is 11.9. The average Bonchev–Trinajstić information content (AvgIpc) is 3.08. The van der Waals surface area contributed by atoms with Crippen LogP contribution in [0.4, 0.5) is 0 Å². The molecule has 1 fully saturated rings. The Balaban J connectivity index is 1.94. The summed E-state index contributed by atoms with van der Waals surface area (Å²) in [5.74, 6) is 0.00715. The molecule has 1 aromatic carbocycles. The van der Waals surface area contributed by atoms with Crippen LogP contribution in [-0.2, 0) is 10.0 Å². The zero-order valence-corrected chi connectivity index (χ0v) is 12.8. The van der Waals surface area contributed by atoms with Gasteiger partial charge in [0.25, 0.3) is 0 Å². The van der Waals surface area contributed by atoms with E-state index in [1.54, 1.807) is 24.4 Å². The number of benzene rings is 1. The first-order valence-corrected chi connectivity index (χ1v) is 8.34. The Bertz CT molecular complexity index is 705. The number of hydrogen-bond donors (Lipinski definition) is 0. The van der Waals surface area contributed by atoms with Crippen LogP contribution in [0.3, 0.4) is 0 Å². The van der Waals surface area contributed by atoms with E-state index in [0.717, 1.165) is 5.56 Å². The smallest absolute Gasteiger partial charge is 0.243 e. The molecule has 21 heavy (non-hydrogen) atoms.